The number of carbonyl (C=O) groups is 3. The summed E-state index contributed by atoms with van der Waals surface area (Å²) in [5.74, 6) is -1.75. The van der Waals surface area contributed by atoms with Crippen LogP contribution in [0.3, 0.4) is 0 Å². The fraction of sp³-hybridized carbons (Fsp3) is 0.286. The fourth-order valence-corrected chi connectivity index (χ4v) is 4.11. The molecule has 8 heteroatoms. The molecular formula is C21H19ClFN3O3. The lowest BCUT2D eigenvalue weighted by Crippen LogP contribution is -2.52. The SMILES string of the molecule is CC(C)CN1C(=O)NC2(C1=O)C(=O)N(Cc1c(F)cccc1Cl)c1ccccc12. The number of benzene rings is 2. The molecular weight excluding hydrogens is 397 g/mol. The van der Waals surface area contributed by atoms with Crippen molar-refractivity contribution in [3.05, 3.63) is 64.4 Å². The number of amides is 4. The average Bonchev–Trinajstić information content (AvgIpc) is 3.06. The molecule has 0 radical (unpaired) electrons. The van der Waals surface area contributed by atoms with Gasteiger partial charge in [-0.25, -0.2) is 9.18 Å². The molecule has 2 aliphatic heterocycles. The van der Waals surface area contributed by atoms with Crippen molar-refractivity contribution in [3.63, 3.8) is 0 Å². The molecule has 29 heavy (non-hydrogen) atoms. The Hall–Kier alpha value is -2.93. The summed E-state index contributed by atoms with van der Waals surface area (Å²) >= 11 is 6.14. The summed E-state index contributed by atoms with van der Waals surface area (Å²) in [6, 6.07) is 10.4. The predicted molar refractivity (Wildman–Crippen MR) is 106 cm³/mol. The molecule has 4 rings (SSSR count). The van der Waals surface area contributed by atoms with Crippen molar-refractivity contribution in [1.29, 1.82) is 0 Å². The maximum Gasteiger partial charge on any atom is 0.325 e. The van der Waals surface area contributed by atoms with Gasteiger partial charge in [0, 0.05) is 22.7 Å². The number of carbonyl (C=O) groups excluding carboxylic acids is 3. The van der Waals surface area contributed by atoms with E-state index in [2.05, 4.69) is 5.32 Å². The van der Waals surface area contributed by atoms with Crippen molar-refractivity contribution in [2.75, 3.05) is 11.4 Å². The largest absolute Gasteiger partial charge is 0.325 e. The van der Waals surface area contributed by atoms with E-state index in [4.69, 9.17) is 11.6 Å². The predicted octanol–water partition coefficient (Wildman–Crippen LogP) is 3.43. The first-order chi connectivity index (χ1) is 13.8. The molecule has 4 amide bonds. The summed E-state index contributed by atoms with van der Waals surface area (Å²) < 4.78 is 14.4. The molecule has 1 spiro atoms. The summed E-state index contributed by atoms with van der Waals surface area (Å²) in [4.78, 5) is 41.7. The summed E-state index contributed by atoms with van der Waals surface area (Å²) in [5.41, 5.74) is -0.871. The van der Waals surface area contributed by atoms with Gasteiger partial charge in [0.25, 0.3) is 11.8 Å². The van der Waals surface area contributed by atoms with E-state index in [1.165, 1.54) is 23.1 Å². The van der Waals surface area contributed by atoms with Gasteiger partial charge in [-0.15, -0.1) is 0 Å². The number of nitrogens with one attached hydrogen (secondary N) is 1. The number of urea groups is 1. The number of para-hydroxylation sites is 1. The summed E-state index contributed by atoms with van der Waals surface area (Å²) in [6.45, 7) is 3.79. The van der Waals surface area contributed by atoms with Gasteiger partial charge in [0.1, 0.15) is 5.82 Å². The van der Waals surface area contributed by atoms with Crippen LogP contribution in [0.2, 0.25) is 5.02 Å². The Morgan fingerprint density at radius 1 is 1.03 bits per heavy atom. The molecule has 0 aliphatic carbocycles. The van der Waals surface area contributed by atoms with E-state index < -0.39 is 29.2 Å². The zero-order chi connectivity index (χ0) is 20.9. The number of hydrogen-bond donors (Lipinski definition) is 1. The molecule has 1 fully saturated rings. The molecule has 0 saturated carbocycles. The Kier molecular flexibility index (Phi) is 4.58. The third kappa shape index (κ3) is 2.80. The van der Waals surface area contributed by atoms with Gasteiger partial charge in [0.15, 0.2) is 0 Å². The molecule has 150 valence electrons. The molecule has 1 unspecified atom stereocenters. The van der Waals surface area contributed by atoms with Crippen molar-refractivity contribution in [3.8, 4) is 0 Å². The topological polar surface area (TPSA) is 69.7 Å². The van der Waals surface area contributed by atoms with Gasteiger partial charge in [-0.1, -0.05) is 49.7 Å². The molecule has 2 aromatic carbocycles. The number of imide groups is 1. The highest BCUT2D eigenvalue weighted by atomic mass is 35.5. The van der Waals surface area contributed by atoms with Crippen LogP contribution in [0.5, 0.6) is 0 Å². The lowest BCUT2D eigenvalue weighted by molar-refractivity contribution is -0.138. The first-order valence-electron chi connectivity index (χ1n) is 9.26. The average molecular weight is 416 g/mol. The Labute approximate surface area is 172 Å². The lowest BCUT2D eigenvalue weighted by atomic mass is 9.91. The van der Waals surface area contributed by atoms with Gasteiger partial charge in [-0.2, -0.15) is 0 Å². The van der Waals surface area contributed by atoms with E-state index in [0.717, 1.165) is 4.90 Å². The van der Waals surface area contributed by atoms with E-state index >= 15 is 0 Å². The highest BCUT2D eigenvalue weighted by Crippen LogP contribution is 2.45. The summed E-state index contributed by atoms with van der Waals surface area (Å²) in [7, 11) is 0. The monoisotopic (exact) mass is 415 g/mol. The van der Waals surface area contributed by atoms with E-state index in [1.54, 1.807) is 24.3 Å². The highest BCUT2D eigenvalue weighted by Gasteiger charge is 2.63. The second-order valence-electron chi connectivity index (χ2n) is 7.60. The number of rotatable bonds is 4. The van der Waals surface area contributed by atoms with Crippen LogP contribution >= 0.6 is 11.6 Å². The fourth-order valence-electron chi connectivity index (χ4n) is 3.89. The van der Waals surface area contributed by atoms with Crippen LogP contribution in [0, 0.1) is 11.7 Å². The summed E-state index contributed by atoms with van der Waals surface area (Å²) in [5, 5.41) is 2.78. The van der Waals surface area contributed by atoms with Crippen LogP contribution in [-0.2, 0) is 21.7 Å². The van der Waals surface area contributed by atoms with Gasteiger partial charge in [-0.05, 0) is 24.1 Å². The molecule has 1 atom stereocenters. The quantitative estimate of drug-likeness (QED) is 0.614. The Morgan fingerprint density at radius 2 is 1.72 bits per heavy atom. The minimum Gasteiger partial charge on any atom is -0.311 e. The molecule has 2 aromatic rings. The van der Waals surface area contributed by atoms with Crippen molar-refractivity contribution in [1.82, 2.24) is 10.2 Å². The molecule has 6 nitrogen and oxygen atoms in total. The first kappa shape index (κ1) is 19.4. The lowest BCUT2D eigenvalue weighted by Gasteiger charge is -2.23. The number of anilines is 1. The maximum absolute atomic E-state index is 14.4. The van der Waals surface area contributed by atoms with Gasteiger partial charge in [0.2, 0.25) is 5.54 Å². The zero-order valence-electron chi connectivity index (χ0n) is 15.9. The highest BCUT2D eigenvalue weighted by molar-refractivity contribution is 6.31. The van der Waals surface area contributed by atoms with Crippen molar-refractivity contribution >= 4 is 35.1 Å². The molecule has 1 N–H and O–H groups in total. The Bertz CT molecular complexity index is 1020. The minimum absolute atomic E-state index is 0.0416. The number of nitrogens with zero attached hydrogens (tertiary/aromatic N) is 2. The van der Waals surface area contributed by atoms with E-state index in [-0.39, 0.29) is 29.6 Å². The van der Waals surface area contributed by atoms with Crippen LogP contribution in [0.4, 0.5) is 14.9 Å². The van der Waals surface area contributed by atoms with Gasteiger partial charge in [0.05, 0.1) is 12.2 Å². The molecule has 0 bridgehead atoms. The smallest absolute Gasteiger partial charge is 0.311 e. The third-order valence-corrected chi connectivity index (χ3v) is 5.55. The summed E-state index contributed by atoms with van der Waals surface area (Å²) in [6.07, 6.45) is 0. The van der Waals surface area contributed by atoms with Crippen LogP contribution in [0.25, 0.3) is 0 Å². The van der Waals surface area contributed by atoms with Crippen molar-refractivity contribution < 1.29 is 18.8 Å². The second kappa shape index (κ2) is 6.84. The Balaban J connectivity index is 1.80. The molecule has 0 aromatic heterocycles. The van der Waals surface area contributed by atoms with Crippen LogP contribution in [0.1, 0.15) is 25.0 Å². The third-order valence-electron chi connectivity index (χ3n) is 5.20. The van der Waals surface area contributed by atoms with Crippen LogP contribution in [-0.4, -0.2) is 29.3 Å². The second-order valence-corrected chi connectivity index (χ2v) is 8.01. The number of fused-ring (bicyclic) bond motifs is 2. The van der Waals surface area contributed by atoms with Gasteiger partial charge < -0.3 is 10.2 Å². The van der Waals surface area contributed by atoms with E-state index in [0.29, 0.717) is 11.3 Å². The first-order valence-corrected chi connectivity index (χ1v) is 9.63. The standard InChI is InChI=1S/C21H19ClFN3O3/c1-12(2)10-26-19(28)21(24-20(26)29)14-6-3-4-9-17(14)25(18(21)27)11-13-15(22)7-5-8-16(13)23/h3-9,12H,10-11H2,1-2H3,(H,24,29). The maximum atomic E-state index is 14.4. The normalized spacial score (nSPS) is 20.8. The molecule has 2 aliphatic rings. The van der Waals surface area contributed by atoms with E-state index in [9.17, 15) is 18.8 Å². The van der Waals surface area contributed by atoms with Crippen LogP contribution in [0.15, 0.2) is 42.5 Å². The minimum atomic E-state index is -1.83. The van der Waals surface area contributed by atoms with Gasteiger partial charge >= 0.3 is 6.03 Å². The number of halogens is 2. The molecule has 1 saturated heterocycles. The number of hydrogen-bond acceptors (Lipinski definition) is 3. The van der Waals surface area contributed by atoms with Crippen molar-refractivity contribution in [2.24, 2.45) is 5.92 Å². The van der Waals surface area contributed by atoms with Crippen molar-refractivity contribution in [2.45, 2.75) is 25.9 Å². The zero-order valence-corrected chi connectivity index (χ0v) is 16.7. The Morgan fingerprint density at radius 3 is 2.41 bits per heavy atom. The van der Waals surface area contributed by atoms with E-state index in [1.807, 2.05) is 13.8 Å². The van der Waals surface area contributed by atoms with Gasteiger partial charge in [-0.3, -0.25) is 14.5 Å². The molecule has 2 heterocycles. The van der Waals surface area contributed by atoms with Crippen LogP contribution < -0.4 is 10.2 Å².